The quantitative estimate of drug-likeness (QED) is 0.308. The van der Waals surface area contributed by atoms with Crippen molar-refractivity contribution in [3.8, 4) is 23.4 Å². The summed E-state index contributed by atoms with van der Waals surface area (Å²) in [5.74, 6) is 1.63. The topological polar surface area (TPSA) is 103 Å². The zero-order valence-corrected chi connectivity index (χ0v) is 16.0. The largest absolute Gasteiger partial charge is 0.490 e. The van der Waals surface area contributed by atoms with Gasteiger partial charge >= 0.3 is 5.97 Å². The fourth-order valence-corrected chi connectivity index (χ4v) is 3.17. The van der Waals surface area contributed by atoms with Gasteiger partial charge in [0.05, 0.1) is 23.6 Å². The molecule has 1 aromatic carbocycles. The number of benzene rings is 1. The van der Waals surface area contributed by atoms with Crippen molar-refractivity contribution in [3.05, 3.63) is 48.2 Å². The third-order valence-corrected chi connectivity index (χ3v) is 4.63. The highest BCUT2D eigenvalue weighted by Gasteiger charge is 2.16. The summed E-state index contributed by atoms with van der Waals surface area (Å²) >= 11 is 1.26. The Morgan fingerprint density at radius 1 is 1.25 bits per heavy atom. The molecule has 0 aliphatic carbocycles. The maximum atomic E-state index is 11.9. The molecule has 0 N–H and O–H groups in total. The Labute approximate surface area is 166 Å². The van der Waals surface area contributed by atoms with Crippen molar-refractivity contribution in [2.75, 3.05) is 19.0 Å². The first kappa shape index (κ1) is 19.5. The van der Waals surface area contributed by atoms with Crippen LogP contribution in [-0.4, -0.2) is 39.7 Å². The Hall–Kier alpha value is -3.25. The highest BCUT2D eigenvalue weighted by molar-refractivity contribution is 7.99. The minimum absolute atomic E-state index is 0.118. The number of carbonyl (C=O) groups is 1. The highest BCUT2D eigenvalue weighted by atomic mass is 32.2. The molecule has 2 aromatic heterocycles. The molecule has 3 aromatic rings. The average Bonchev–Trinajstić information content (AvgIpc) is 3.39. The Morgan fingerprint density at radius 2 is 2.07 bits per heavy atom. The van der Waals surface area contributed by atoms with E-state index in [1.807, 2.05) is 23.6 Å². The molecule has 0 radical (unpaired) electrons. The smallest absolute Gasteiger partial charge is 0.316 e. The molecule has 0 bridgehead atoms. The average molecular weight is 398 g/mol. The minimum Gasteiger partial charge on any atom is -0.490 e. The van der Waals surface area contributed by atoms with Crippen LogP contribution in [0.4, 0.5) is 0 Å². The molecule has 0 amide bonds. The second kappa shape index (κ2) is 9.62. The van der Waals surface area contributed by atoms with Crippen LogP contribution in [0.3, 0.4) is 0 Å². The van der Waals surface area contributed by atoms with E-state index in [1.54, 1.807) is 36.6 Å². The molecule has 0 atom stereocenters. The molecule has 0 fully saturated rings. The van der Waals surface area contributed by atoms with E-state index in [-0.39, 0.29) is 24.9 Å². The predicted octanol–water partition coefficient (Wildman–Crippen LogP) is 3.14. The second-order valence-corrected chi connectivity index (χ2v) is 6.46. The third kappa shape index (κ3) is 4.92. The van der Waals surface area contributed by atoms with E-state index in [1.165, 1.54) is 11.8 Å². The van der Waals surface area contributed by atoms with Gasteiger partial charge in [0.1, 0.15) is 19.0 Å². The van der Waals surface area contributed by atoms with Crippen molar-refractivity contribution in [2.45, 2.75) is 18.6 Å². The lowest BCUT2D eigenvalue weighted by molar-refractivity contribution is -0.141. The van der Waals surface area contributed by atoms with Gasteiger partial charge < -0.3 is 13.9 Å². The molecule has 3 rings (SSSR count). The lowest BCUT2D eigenvalue weighted by Crippen LogP contribution is -2.14. The molecule has 0 saturated heterocycles. The maximum absolute atomic E-state index is 11.9. The maximum Gasteiger partial charge on any atom is 0.316 e. The zero-order valence-electron chi connectivity index (χ0n) is 15.2. The first-order valence-corrected chi connectivity index (χ1v) is 9.58. The molecule has 2 heterocycles. The summed E-state index contributed by atoms with van der Waals surface area (Å²) in [4.78, 5) is 11.9. The molecular weight excluding hydrogens is 380 g/mol. The zero-order chi connectivity index (χ0) is 19.8. The van der Waals surface area contributed by atoms with E-state index in [9.17, 15) is 4.79 Å². The molecule has 0 spiro atoms. The molecular formula is C19H18N4O4S. The summed E-state index contributed by atoms with van der Waals surface area (Å²) in [6.45, 7) is 2.99. The Kier molecular flexibility index (Phi) is 6.70. The number of ether oxygens (including phenoxy) is 2. The van der Waals surface area contributed by atoms with E-state index < -0.39 is 0 Å². The van der Waals surface area contributed by atoms with Crippen LogP contribution >= 0.6 is 11.8 Å². The van der Waals surface area contributed by atoms with E-state index in [0.717, 1.165) is 0 Å². The van der Waals surface area contributed by atoms with Crippen LogP contribution in [0.1, 0.15) is 12.5 Å². The first-order chi connectivity index (χ1) is 13.7. The van der Waals surface area contributed by atoms with E-state index in [0.29, 0.717) is 34.6 Å². The van der Waals surface area contributed by atoms with Crippen LogP contribution in [0.2, 0.25) is 0 Å². The lowest BCUT2D eigenvalue weighted by Gasteiger charge is -2.08. The van der Waals surface area contributed by atoms with Crippen LogP contribution in [-0.2, 0) is 16.1 Å². The van der Waals surface area contributed by atoms with Gasteiger partial charge in [0.2, 0.25) is 0 Å². The lowest BCUT2D eigenvalue weighted by atomic mass is 10.2. The fourth-order valence-electron chi connectivity index (χ4n) is 2.37. The number of rotatable bonds is 9. The van der Waals surface area contributed by atoms with Crippen molar-refractivity contribution in [1.82, 2.24) is 14.8 Å². The molecule has 8 nitrogen and oxygen atoms in total. The summed E-state index contributed by atoms with van der Waals surface area (Å²) in [5.41, 5.74) is 0.561. The number of thioether (sulfide) groups is 1. The normalized spacial score (nSPS) is 10.4. The molecule has 144 valence electrons. The Bertz CT molecular complexity index is 945. The Morgan fingerprint density at radius 3 is 2.75 bits per heavy atom. The summed E-state index contributed by atoms with van der Waals surface area (Å²) in [6, 6.07) is 12.4. The van der Waals surface area contributed by atoms with E-state index in [4.69, 9.17) is 19.2 Å². The second-order valence-electron chi connectivity index (χ2n) is 5.52. The minimum atomic E-state index is -0.362. The van der Waals surface area contributed by atoms with Gasteiger partial charge in [-0.3, -0.25) is 9.36 Å². The number of esters is 1. The van der Waals surface area contributed by atoms with Crippen molar-refractivity contribution in [1.29, 1.82) is 5.26 Å². The molecule has 9 heteroatoms. The highest BCUT2D eigenvalue weighted by Crippen LogP contribution is 2.24. The summed E-state index contributed by atoms with van der Waals surface area (Å²) in [5, 5.41) is 17.6. The summed E-state index contributed by atoms with van der Waals surface area (Å²) in [7, 11) is 0. The number of aromatic nitrogens is 3. The summed E-state index contributed by atoms with van der Waals surface area (Å²) in [6.07, 6.45) is 1.58. The van der Waals surface area contributed by atoms with Crippen molar-refractivity contribution in [3.63, 3.8) is 0 Å². The van der Waals surface area contributed by atoms with Gasteiger partial charge in [-0.15, -0.1) is 10.2 Å². The van der Waals surface area contributed by atoms with Crippen molar-refractivity contribution in [2.24, 2.45) is 0 Å². The predicted molar refractivity (Wildman–Crippen MR) is 102 cm³/mol. The Balaban J connectivity index is 1.42. The van der Waals surface area contributed by atoms with Crippen LogP contribution in [0.5, 0.6) is 5.75 Å². The van der Waals surface area contributed by atoms with Crippen molar-refractivity contribution < 1.29 is 18.7 Å². The number of hydrogen-bond donors (Lipinski definition) is 0. The van der Waals surface area contributed by atoms with Crippen LogP contribution < -0.4 is 4.74 Å². The number of nitriles is 1. The fraction of sp³-hybridized carbons (Fsp3) is 0.263. The standard InChI is InChI=1S/C19H18N4O4S/c1-2-23-18(16-4-3-9-26-16)21-22-19(23)28-13-17(24)27-11-10-25-15-7-5-14(12-20)6-8-15/h3-9H,2,10-11,13H2,1H3. The monoisotopic (exact) mass is 398 g/mol. The molecule has 0 aliphatic rings. The third-order valence-electron chi connectivity index (χ3n) is 3.69. The van der Waals surface area contributed by atoms with Gasteiger partial charge in [-0.2, -0.15) is 5.26 Å². The summed E-state index contributed by atoms with van der Waals surface area (Å²) < 4.78 is 17.9. The number of hydrogen-bond acceptors (Lipinski definition) is 8. The van der Waals surface area contributed by atoms with Gasteiger partial charge in [0.25, 0.3) is 0 Å². The van der Waals surface area contributed by atoms with E-state index in [2.05, 4.69) is 10.2 Å². The SMILES string of the molecule is CCn1c(SCC(=O)OCCOc2ccc(C#N)cc2)nnc1-c1ccco1. The van der Waals surface area contributed by atoms with Gasteiger partial charge in [-0.25, -0.2) is 0 Å². The first-order valence-electron chi connectivity index (χ1n) is 8.59. The van der Waals surface area contributed by atoms with Gasteiger partial charge in [0.15, 0.2) is 16.7 Å². The molecule has 0 unspecified atom stereocenters. The van der Waals surface area contributed by atoms with Crippen LogP contribution in [0.25, 0.3) is 11.6 Å². The van der Waals surface area contributed by atoms with Gasteiger partial charge in [-0.1, -0.05) is 11.8 Å². The van der Waals surface area contributed by atoms with Crippen LogP contribution in [0, 0.1) is 11.3 Å². The number of carbonyl (C=O) groups excluding carboxylic acids is 1. The number of furan rings is 1. The number of nitrogens with zero attached hydrogens (tertiary/aromatic N) is 4. The molecule has 0 saturated carbocycles. The van der Waals surface area contributed by atoms with E-state index >= 15 is 0 Å². The molecule has 0 aliphatic heterocycles. The van der Waals surface area contributed by atoms with Gasteiger partial charge in [0, 0.05) is 6.54 Å². The molecule has 28 heavy (non-hydrogen) atoms. The van der Waals surface area contributed by atoms with Gasteiger partial charge in [-0.05, 0) is 43.3 Å². The van der Waals surface area contributed by atoms with Crippen molar-refractivity contribution >= 4 is 17.7 Å². The van der Waals surface area contributed by atoms with Crippen LogP contribution in [0.15, 0.2) is 52.2 Å².